The van der Waals surface area contributed by atoms with E-state index in [1.54, 1.807) is 6.07 Å². The van der Waals surface area contributed by atoms with Crippen molar-refractivity contribution in [3.05, 3.63) is 33.4 Å². The predicted octanol–water partition coefficient (Wildman–Crippen LogP) is 2.20. The maximum Gasteiger partial charge on any atom is 0.250 e. The molecular weight excluding hydrogens is 396 g/mol. The number of primary amides is 1. The molecule has 0 bridgehead atoms. The first-order chi connectivity index (χ1) is 12.4. The SMILES string of the molecule is CN(C)CCCNC(=O)C1CCc2c([nH]c3c(C(N)=O)ccc(Br)c23)C1. The highest BCUT2D eigenvalue weighted by Gasteiger charge is 2.28. The van der Waals surface area contributed by atoms with Crippen LogP contribution in [0.5, 0.6) is 0 Å². The number of hydrogen-bond donors (Lipinski definition) is 3. The van der Waals surface area contributed by atoms with Gasteiger partial charge in [0.15, 0.2) is 0 Å². The lowest BCUT2D eigenvalue weighted by atomic mass is 9.86. The molecular formula is C19H25BrN4O2. The summed E-state index contributed by atoms with van der Waals surface area (Å²) in [6, 6.07) is 3.59. The van der Waals surface area contributed by atoms with Crippen LogP contribution < -0.4 is 11.1 Å². The molecule has 3 rings (SSSR count). The molecule has 0 saturated carbocycles. The highest BCUT2D eigenvalue weighted by atomic mass is 79.9. The molecule has 6 nitrogen and oxygen atoms in total. The van der Waals surface area contributed by atoms with Crippen molar-refractivity contribution in [2.75, 3.05) is 27.2 Å². The number of rotatable bonds is 6. The topological polar surface area (TPSA) is 91.2 Å². The summed E-state index contributed by atoms with van der Waals surface area (Å²) < 4.78 is 0.946. The zero-order valence-corrected chi connectivity index (χ0v) is 16.8. The Morgan fingerprint density at radius 2 is 2.15 bits per heavy atom. The fourth-order valence-electron chi connectivity index (χ4n) is 3.68. The monoisotopic (exact) mass is 420 g/mol. The first kappa shape index (κ1) is 18.9. The average Bonchev–Trinajstić information content (AvgIpc) is 2.97. The van der Waals surface area contributed by atoms with Gasteiger partial charge in [0.25, 0.3) is 5.91 Å². The summed E-state index contributed by atoms with van der Waals surface area (Å²) >= 11 is 3.58. The van der Waals surface area contributed by atoms with Gasteiger partial charge in [-0.3, -0.25) is 9.59 Å². The number of fused-ring (bicyclic) bond motifs is 3. The Morgan fingerprint density at radius 3 is 2.85 bits per heavy atom. The maximum absolute atomic E-state index is 12.5. The lowest BCUT2D eigenvalue weighted by molar-refractivity contribution is -0.125. The molecule has 1 atom stereocenters. The van der Waals surface area contributed by atoms with Gasteiger partial charge in [-0.15, -0.1) is 0 Å². The number of nitrogens with two attached hydrogens (primary N) is 1. The van der Waals surface area contributed by atoms with Crippen LogP contribution >= 0.6 is 15.9 Å². The summed E-state index contributed by atoms with van der Waals surface area (Å²) in [4.78, 5) is 29.7. The minimum Gasteiger partial charge on any atom is -0.366 e. The van der Waals surface area contributed by atoms with Crippen LogP contribution in [0.2, 0.25) is 0 Å². The number of aryl methyl sites for hydroxylation is 1. The third kappa shape index (κ3) is 3.78. The van der Waals surface area contributed by atoms with Crippen LogP contribution in [0.4, 0.5) is 0 Å². The minimum atomic E-state index is -0.448. The number of amides is 2. The van der Waals surface area contributed by atoms with Crippen molar-refractivity contribution in [1.82, 2.24) is 15.2 Å². The number of halogens is 1. The number of hydrogen-bond acceptors (Lipinski definition) is 3. The molecule has 7 heteroatoms. The Hall–Kier alpha value is -1.86. The molecule has 0 spiro atoms. The van der Waals surface area contributed by atoms with Crippen molar-refractivity contribution in [2.24, 2.45) is 11.7 Å². The third-order valence-corrected chi connectivity index (χ3v) is 5.67. The zero-order chi connectivity index (χ0) is 18.8. The number of carbonyl (C=O) groups is 2. The predicted molar refractivity (Wildman–Crippen MR) is 106 cm³/mol. The van der Waals surface area contributed by atoms with Crippen LogP contribution in [0, 0.1) is 5.92 Å². The smallest absolute Gasteiger partial charge is 0.250 e. The summed E-state index contributed by atoms with van der Waals surface area (Å²) in [6.07, 6.45) is 3.23. The summed E-state index contributed by atoms with van der Waals surface area (Å²) in [5.41, 5.74) is 8.99. The average molecular weight is 421 g/mol. The Balaban J connectivity index is 1.76. The van der Waals surface area contributed by atoms with Gasteiger partial charge in [0, 0.05) is 28.0 Å². The highest BCUT2D eigenvalue weighted by molar-refractivity contribution is 9.10. The third-order valence-electron chi connectivity index (χ3n) is 5.01. The number of H-pyrrole nitrogens is 1. The van der Waals surface area contributed by atoms with Gasteiger partial charge in [-0.1, -0.05) is 15.9 Å². The molecule has 1 aliphatic rings. The van der Waals surface area contributed by atoms with Crippen molar-refractivity contribution >= 4 is 38.6 Å². The van der Waals surface area contributed by atoms with Crippen LogP contribution in [-0.2, 0) is 17.6 Å². The van der Waals surface area contributed by atoms with Crippen molar-refractivity contribution in [3.8, 4) is 0 Å². The van der Waals surface area contributed by atoms with Crippen LogP contribution in [0.1, 0.15) is 34.5 Å². The van der Waals surface area contributed by atoms with E-state index in [1.165, 1.54) is 5.56 Å². The van der Waals surface area contributed by atoms with Gasteiger partial charge < -0.3 is 20.9 Å². The van der Waals surface area contributed by atoms with Gasteiger partial charge in [0.05, 0.1) is 11.1 Å². The molecule has 2 amide bonds. The van der Waals surface area contributed by atoms with Crippen LogP contribution in [0.25, 0.3) is 10.9 Å². The normalized spacial score (nSPS) is 16.7. The standard InChI is InChI=1S/C19H25BrN4O2/c1-24(2)9-3-8-22-19(26)11-4-5-12-15(10-11)23-17-13(18(21)25)6-7-14(20)16(12)17/h6-7,11,23H,3-5,8-10H2,1-2H3,(H2,21,25)(H,22,26). The zero-order valence-electron chi connectivity index (χ0n) is 15.2. The maximum atomic E-state index is 12.5. The van der Waals surface area contributed by atoms with Gasteiger partial charge in [-0.2, -0.15) is 0 Å². The van der Waals surface area contributed by atoms with E-state index >= 15 is 0 Å². The molecule has 0 aliphatic heterocycles. The summed E-state index contributed by atoms with van der Waals surface area (Å²) in [5, 5.41) is 4.07. The van der Waals surface area contributed by atoms with Crippen molar-refractivity contribution in [3.63, 3.8) is 0 Å². The second-order valence-electron chi connectivity index (χ2n) is 7.18. The molecule has 2 aromatic rings. The van der Waals surface area contributed by atoms with Crippen molar-refractivity contribution < 1.29 is 9.59 Å². The van der Waals surface area contributed by atoms with Gasteiger partial charge >= 0.3 is 0 Å². The number of nitrogens with one attached hydrogen (secondary N) is 2. The Labute approximate surface area is 161 Å². The van der Waals surface area contributed by atoms with E-state index in [2.05, 4.69) is 31.1 Å². The fraction of sp³-hybridized carbons (Fsp3) is 0.474. The Bertz CT molecular complexity index is 844. The summed E-state index contributed by atoms with van der Waals surface area (Å²) in [6.45, 7) is 1.66. The van der Waals surface area contributed by atoms with Gasteiger partial charge in [0.1, 0.15) is 0 Å². The number of carbonyl (C=O) groups excluding carboxylic acids is 2. The number of aromatic amines is 1. The largest absolute Gasteiger partial charge is 0.366 e. The first-order valence-corrected chi connectivity index (χ1v) is 9.72. The van der Waals surface area contributed by atoms with Crippen molar-refractivity contribution in [2.45, 2.75) is 25.7 Å². The molecule has 0 radical (unpaired) electrons. The van der Waals surface area contributed by atoms with Gasteiger partial charge in [-0.25, -0.2) is 0 Å². The molecule has 0 fully saturated rings. The molecule has 26 heavy (non-hydrogen) atoms. The minimum absolute atomic E-state index is 0.0364. The van der Waals surface area contributed by atoms with E-state index in [4.69, 9.17) is 5.73 Å². The number of aromatic nitrogens is 1. The Kier molecular flexibility index (Phi) is 5.67. The fourth-order valence-corrected chi connectivity index (χ4v) is 4.25. The number of nitrogens with zero attached hydrogens (tertiary/aromatic N) is 1. The highest BCUT2D eigenvalue weighted by Crippen LogP contribution is 2.37. The van der Waals surface area contributed by atoms with E-state index in [-0.39, 0.29) is 11.8 Å². The van der Waals surface area contributed by atoms with E-state index in [9.17, 15) is 9.59 Å². The number of benzene rings is 1. The lowest BCUT2D eigenvalue weighted by Gasteiger charge is -2.22. The molecule has 4 N–H and O–H groups in total. The summed E-state index contributed by atoms with van der Waals surface area (Å²) in [7, 11) is 4.05. The van der Waals surface area contributed by atoms with Crippen LogP contribution in [-0.4, -0.2) is 48.9 Å². The molecule has 1 aromatic carbocycles. The molecule has 1 unspecified atom stereocenters. The second-order valence-corrected chi connectivity index (χ2v) is 8.03. The van der Waals surface area contributed by atoms with Crippen LogP contribution in [0.15, 0.2) is 16.6 Å². The van der Waals surface area contributed by atoms with E-state index in [1.807, 2.05) is 20.2 Å². The lowest BCUT2D eigenvalue weighted by Crippen LogP contribution is -2.35. The van der Waals surface area contributed by atoms with E-state index < -0.39 is 5.91 Å². The van der Waals surface area contributed by atoms with Gasteiger partial charge in [0.2, 0.25) is 5.91 Å². The van der Waals surface area contributed by atoms with E-state index in [0.29, 0.717) is 18.5 Å². The van der Waals surface area contributed by atoms with Gasteiger partial charge in [-0.05, 0) is 64.0 Å². The van der Waals surface area contributed by atoms with Crippen molar-refractivity contribution in [1.29, 1.82) is 0 Å². The molecule has 1 heterocycles. The van der Waals surface area contributed by atoms with E-state index in [0.717, 1.165) is 46.9 Å². The molecule has 1 aliphatic carbocycles. The first-order valence-electron chi connectivity index (χ1n) is 8.92. The molecule has 1 aromatic heterocycles. The second kappa shape index (κ2) is 7.80. The quantitative estimate of drug-likeness (QED) is 0.625. The summed E-state index contributed by atoms with van der Waals surface area (Å²) in [5.74, 6) is -0.371. The molecule has 140 valence electrons. The Morgan fingerprint density at radius 1 is 1.38 bits per heavy atom. The molecule has 0 saturated heterocycles. The van der Waals surface area contributed by atoms with Crippen LogP contribution in [0.3, 0.4) is 0 Å².